The topological polar surface area (TPSA) is 0 Å². The van der Waals surface area contributed by atoms with Crippen molar-refractivity contribution >= 4 is 23.2 Å². The van der Waals surface area contributed by atoms with Crippen molar-refractivity contribution in [1.29, 1.82) is 0 Å². The summed E-state index contributed by atoms with van der Waals surface area (Å²) in [6, 6.07) is 0. The van der Waals surface area contributed by atoms with E-state index in [-0.39, 0.29) is 0 Å². The highest BCUT2D eigenvalue weighted by Crippen LogP contribution is 2.21. The fraction of sp³-hybridized carbons (Fsp3) is 1.00. The van der Waals surface area contributed by atoms with Gasteiger partial charge in [-0.15, -0.1) is 23.2 Å². The van der Waals surface area contributed by atoms with Crippen LogP contribution in [0, 0.1) is 11.8 Å². The zero-order valence-corrected chi connectivity index (χ0v) is 9.67. The van der Waals surface area contributed by atoms with Crippen molar-refractivity contribution in [2.45, 2.75) is 39.5 Å². The van der Waals surface area contributed by atoms with Crippen LogP contribution in [0.15, 0.2) is 0 Å². The van der Waals surface area contributed by atoms with Gasteiger partial charge in [0.15, 0.2) is 0 Å². The van der Waals surface area contributed by atoms with Crippen molar-refractivity contribution in [2.24, 2.45) is 11.8 Å². The Kier molecular flexibility index (Phi) is 8.59. The van der Waals surface area contributed by atoms with Crippen molar-refractivity contribution in [3.63, 3.8) is 0 Å². The SMILES string of the molecule is CCCC(CCl)CC(CC)CCl. The molecule has 0 saturated heterocycles. The van der Waals surface area contributed by atoms with Crippen LogP contribution in [0.2, 0.25) is 0 Å². The minimum atomic E-state index is 0.668. The van der Waals surface area contributed by atoms with Crippen LogP contribution in [-0.2, 0) is 0 Å². The second-order valence-electron chi connectivity index (χ2n) is 3.47. The third kappa shape index (κ3) is 5.27. The van der Waals surface area contributed by atoms with Crippen molar-refractivity contribution in [2.75, 3.05) is 11.8 Å². The summed E-state index contributed by atoms with van der Waals surface area (Å²) >= 11 is 11.7. The maximum absolute atomic E-state index is 5.86. The minimum absolute atomic E-state index is 0.668. The molecule has 0 aliphatic rings. The van der Waals surface area contributed by atoms with E-state index >= 15 is 0 Å². The second-order valence-corrected chi connectivity index (χ2v) is 4.09. The number of alkyl halides is 2. The predicted octanol–water partition coefficient (Wildman–Crippen LogP) is 4.30. The van der Waals surface area contributed by atoms with Gasteiger partial charge in [-0.3, -0.25) is 0 Å². The molecule has 2 heteroatoms. The van der Waals surface area contributed by atoms with E-state index < -0.39 is 0 Å². The lowest BCUT2D eigenvalue weighted by atomic mass is 9.92. The predicted molar refractivity (Wildman–Crippen MR) is 58.2 cm³/mol. The van der Waals surface area contributed by atoms with E-state index in [1.165, 1.54) is 25.7 Å². The van der Waals surface area contributed by atoms with Gasteiger partial charge in [0.1, 0.15) is 0 Å². The molecule has 0 rings (SSSR count). The molecule has 0 bridgehead atoms. The Morgan fingerprint density at radius 3 is 1.92 bits per heavy atom. The summed E-state index contributed by atoms with van der Waals surface area (Å²) in [6.45, 7) is 4.41. The molecule has 0 radical (unpaired) electrons. The summed E-state index contributed by atoms with van der Waals surface area (Å²) in [7, 11) is 0. The minimum Gasteiger partial charge on any atom is -0.126 e. The van der Waals surface area contributed by atoms with Gasteiger partial charge < -0.3 is 0 Å². The summed E-state index contributed by atoms with van der Waals surface area (Å²) in [5, 5.41) is 0. The molecular formula is C10H20Cl2. The van der Waals surface area contributed by atoms with E-state index in [1.807, 2.05) is 0 Å². The molecule has 0 aliphatic carbocycles. The Hall–Kier alpha value is 0.580. The number of rotatable bonds is 7. The van der Waals surface area contributed by atoms with Crippen LogP contribution in [-0.4, -0.2) is 11.8 Å². The van der Waals surface area contributed by atoms with Crippen LogP contribution in [0.5, 0.6) is 0 Å². The van der Waals surface area contributed by atoms with Gasteiger partial charge in [0.05, 0.1) is 0 Å². The molecule has 0 aliphatic heterocycles. The number of hydrogen-bond acceptors (Lipinski definition) is 0. The molecule has 0 aromatic heterocycles. The first-order valence-corrected chi connectivity index (χ1v) is 5.97. The summed E-state index contributed by atoms with van der Waals surface area (Å²) in [4.78, 5) is 0. The third-order valence-corrected chi connectivity index (χ3v) is 3.25. The Morgan fingerprint density at radius 2 is 1.58 bits per heavy atom. The molecule has 0 spiro atoms. The maximum Gasteiger partial charge on any atom is 0.0251 e. The van der Waals surface area contributed by atoms with E-state index in [0.717, 1.165) is 11.8 Å². The summed E-state index contributed by atoms with van der Waals surface area (Å²) in [6.07, 6.45) is 4.87. The van der Waals surface area contributed by atoms with Crippen LogP contribution in [0.4, 0.5) is 0 Å². The molecule has 74 valence electrons. The van der Waals surface area contributed by atoms with Gasteiger partial charge in [0, 0.05) is 11.8 Å². The molecular weight excluding hydrogens is 191 g/mol. The van der Waals surface area contributed by atoms with Crippen LogP contribution in [0.25, 0.3) is 0 Å². The van der Waals surface area contributed by atoms with Crippen molar-refractivity contribution in [1.82, 2.24) is 0 Å². The molecule has 0 aromatic rings. The Bertz CT molecular complexity index is 89.8. The largest absolute Gasteiger partial charge is 0.126 e. The molecule has 0 N–H and O–H groups in total. The van der Waals surface area contributed by atoms with Crippen LogP contribution in [0.1, 0.15) is 39.5 Å². The molecule has 0 fully saturated rings. The zero-order chi connectivity index (χ0) is 9.40. The molecule has 0 nitrogen and oxygen atoms in total. The Balaban J connectivity index is 3.65. The molecule has 2 atom stereocenters. The van der Waals surface area contributed by atoms with Gasteiger partial charge >= 0.3 is 0 Å². The summed E-state index contributed by atoms with van der Waals surface area (Å²) in [5.41, 5.74) is 0. The van der Waals surface area contributed by atoms with Gasteiger partial charge in [-0.2, -0.15) is 0 Å². The average molecular weight is 211 g/mol. The third-order valence-electron chi connectivity index (χ3n) is 2.38. The number of hydrogen-bond donors (Lipinski definition) is 0. The lowest BCUT2D eigenvalue weighted by molar-refractivity contribution is 0.391. The van der Waals surface area contributed by atoms with Crippen molar-refractivity contribution in [3.8, 4) is 0 Å². The van der Waals surface area contributed by atoms with Crippen molar-refractivity contribution in [3.05, 3.63) is 0 Å². The fourth-order valence-electron chi connectivity index (χ4n) is 1.48. The molecule has 0 heterocycles. The first kappa shape index (κ1) is 12.6. The average Bonchev–Trinajstić information content (AvgIpc) is 2.12. The lowest BCUT2D eigenvalue weighted by Crippen LogP contribution is -2.11. The van der Waals surface area contributed by atoms with Crippen LogP contribution < -0.4 is 0 Å². The molecule has 0 aromatic carbocycles. The van der Waals surface area contributed by atoms with Crippen LogP contribution in [0.3, 0.4) is 0 Å². The van der Waals surface area contributed by atoms with E-state index in [4.69, 9.17) is 23.2 Å². The van der Waals surface area contributed by atoms with Crippen LogP contribution >= 0.6 is 23.2 Å². The highest BCUT2D eigenvalue weighted by atomic mass is 35.5. The zero-order valence-electron chi connectivity index (χ0n) is 8.15. The molecule has 2 unspecified atom stereocenters. The van der Waals surface area contributed by atoms with Gasteiger partial charge in [-0.05, 0) is 24.7 Å². The maximum atomic E-state index is 5.86. The lowest BCUT2D eigenvalue weighted by Gasteiger charge is -2.18. The van der Waals surface area contributed by atoms with E-state index in [0.29, 0.717) is 11.8 Å². The standard InChI is InChI=1S/C10H20Cl2/c1-3-5-10(8-12)6-9(4-2)7-11/h9-10H,3-8H2,1-2H3. The monoisotopic (exact) mass is 210 g/mol. The van der Waals surface area contributed by atoms with Gasteiger partial charge in [-0.25, -0.2) is 0 Å². The summed E-state index contributed by atoms with van der Waals surface area (Å²) in [5.74, 6) is 2.93. The molecule has 12 heavy (non-hydrogen) atoms. The molecule has 0 saturated carbocycles. The van der Waals surface area contributed by atoms with Gasteiger partial charge in [-0.1, -0.05) is 26.7 Å². The van der Waals surface area contributed by atoms with Gasteiger partial charge in [0.2, 0.25) is 0 Å². The molecule has 0 amide bonds. The highest BCUT2D eigenvalue weighted by molar-refractivity contribution is 6.18. The van der Waals surface area contributed by atoms with Gasteiger partial charge in [0.25, 0.3) is 0 Å². The first-order valence-electron chi connectivity index (χ1n) is 4.90. The summed E-state index contributed by atoms with van der Waals surface area (Å²) < 4.78 is 0. The van der Waals surface area contributed by atoms with E-state index in [2.05, 4.69) is 13.8 Å². The Labute approximate surface area is 86.6 Å². The first-order chi connectivity index (χ1) is 5.78. The normalized spacial score (nSPS) is 16.0. The smallest absolute Gasteiger partial charge is 0.0251 e. The number of halogens is 2. The highest BCUT2D eigenvalue weighted by Gasteiger charge is 2.12. The quantitative estimate of drug-likeness (QED) is 0.551. The Morgan fingerprint density at radius 1 is 1.00 bits per heavy atom. The van der Waals surface area contributed by atoms with Crippen molar-refractivity contribution < 1.29 is 0 Å². The van der Waals surface area contributed by atoms with E-state index in [9.17, 15) is 0 Å². The fourth-order valence-corrected chi connectivity index (χ4v) is 2.10. The second kappa shape index (κ2) is 8.19. The van der Waals surface area contributed by atoms with E-state index in [1.54, 1.807) is 0 Å².